The number of hydrogen-bond donors (Lipinski definition) is 1. The highest BCUT2D eigenvalue weighted by Crippen LogP contribution is 2.29. The van der Waals surface area contributed by atoms with Gasteiger partial charge >= 0.3 is 0 Å². The Bertz CT molecular complexity index is 767. The van der Waals surface area contributed by atoms with Gasteiger partial charge in [-0.05, 0) is 44.1 Å². The number of piperidine rings is 1. The van der Waals surface area contributed by atoms with E-state index in [9.17, 15) is 0 Å². The molecule has 0 unspecified atom stereocenters. The van der Waals surface area contributed by atoms with E-state index in [0.717, 1.165) is 42.9 Å². The van der Waals surface area contributed by atoms with Crippen LogP contribution in [0.4, 0.5) is 0 Å². The van der Waals surface area contributed by atoms with Crippen LogP contribution in [0.25, 0.3) is 11.0 Å². The minimum absolute atomic E-state index is 0.606. The fourth-order valence-electron chi connectivity index (χ4n) is 3.50. The van der Waals surface area contributed by atoms with Gasteiger partial charge in [-0.15, -0.1) is 0 Å². The second kappa shape index (κ2) is 6.69. The maximum atomic E-state index is 4.43. The van der Waals surface area contributed by atoms with E-state index in [0.29, 0.717) is 5.92 Å². The lowest BCUT2D eigenvalue weighted by molar-refractivity contribution is 0.203. The molecule has 0 spiro atoms. The summed E-state index contributed by atoms with van der Waals surface area (Å²) in [5, 5.41) is 0. The average Bonchev–Trinajstić information content (AvgIpc) is 3.07. The lowest BCUT2D eigenvalue weighted by Crippen LogP contribution is -2.32. The van der Waals surface area contributed by atoms with Crippen LogP contribution in [-0.2, 0) is 13.0 Å². The number of fused-ring (bicyclic) bond motifs is 1. The summed E-state index contributed by atoms with van der Waals surface area (Å²) in [6, 6.07) is 6.30. The Morgan fingerprint density at radius 2 is 1.96 bits per heavy atom. The summed E-state index contributed by atoms with van der Waals surface area (Å²) in [5.41, 5.74) is 4.76. The normalized spacial score (nSPS) is 16.7. The summed E-state index contributed by atoms with van der Waals surface area (Å²) in [4.78, 5) is 19.3. The van der Waals surface area contributed by atoms with Gasteiger partial charge in [0.05, 0.1) is 11.0 Å². The molecule has 0 bridgehead atoms. The summed E-state index contributed by atoms with van der Waals surface area (Å²) in [6.45, 7) is 5.26. The van der Waals surface area contributed by atoms with Gasteiger partial charge in [0.15, 0.2) is 0 Å². The summed E-state index contributed by atoms with van der Waals surface area (Å²) in [5.74, 6) is 1.53. The number of aryl methyl sites for hydroxylation is 1. The molecular weight excluding hydrogens is 298 g/mol. The Balaban J connectivity index is 1.37. The highest BCUT2D eigenvalue weighted by atomic mass is 15.1. The standard InChI is InChI=1S/C19H23N5/c1-2-19-21-11-14(12-22-19)13-24-8-5-15(6-9-24)17-10-18-16(23-17)4-3-7-20-18/h3-4,7,10-12,15,23H,2,5-6,8-9,13H2,1H3. The third-order valence-corrected chi connectivity index (χ3v) is 4.92. The largest absolute Gasteiger partial charge is 0.357 e. The van der Waals surface area contributed by atoms with E-state index in [1.165, 1.54) is 24.1 Å². The van der Waals surface area contributed by atoms with Crippen LogP contribution in [0.2, 0.25) is 0 Å². The monoisotopic (exact) mass is 321 g/mol. The first kappa shape index (κ1) is 15.3. The molecule has 0 aromatic carbocycles. The first-order valence-electron chi connectivity index (χ1n) is 8.77. The molecule has 0 radical (unpaired) electrons. The van der Waals surface area contributed by atoms with Crippen molar-refractivity contribution in [1.82, 2.24) is 24.8 Å². The van der Waals surface area contributed by atoms with Gasteiger partial charge in [-0.25, -0.2) is 9.97 Å². The number of aromatic amines is 1. The number of pyridine rings is 1. The Hall–Kier alpha value is -2.27. The molecule has 1 aliphatic heterocycles. The van der Waals surface area contributed by atoms with Crippen LogP contribution in [0.3, 0.4) is 0 Å². The van der Waals surface area contributed by atoms with E-state index < -0.39 is 0 Å². The second-order valence-electron chi connectivity index (χ2n) is 6.57. The molecular formula is C19H23N5. The van der Waals surface area contributed by atoms with Crippen molar-refractivity contribution in [3.8, 4) is 0 Å². The van der Waals surface area contributed by atoms with E-state index in [-0.39, 0.29) is 0 Å². The molecule has 124 valence electrons. The maximum absolute atomic E-state index is 4.43. The Morgan fingerprint density at radius 3 is 2.67 bits per heavy atom. The molecule has 0 amide bonds. The molecule has 0 aliphatic carbocycles. The van der Waals surface area contributed by atoms with Gasteiger partial charge in [-0.2, -0.15) is 0 Å². The smallest absolute Gasteiger partial charge is 0.127 e. The van der Waals surface area contributed by atoms with Crippen molar-refractivity contribution in [2.45, 2.75) is 38.6 Å². The number of H-pyrrole nitrogens is 1. The Morgan fingerprint density at radius 1 is 1.17 bits per heavy atom. The molecule has 3 aromatic heterocycles. The van der Waals surface area contributed by atoms with Gasteiger partial charge in [0.25, 0.3) is 0 Å². The quantitative estimate of drug-likeness (QED) is 0.801. The number of nitrogens with zero attached hydrogens (tertiary/aromatic N) is 4. The predicted octanol–water partition coefficient (Wildman–Crippen LogP) is 3.29. The van der Waals surface area contributed by atoms with Crippen LogP contribution in [0.5, 0.6) is 0 Å². The van der Waals surface area contributed by atoms with Crippen molar-refractivity contribution < 1.29 is 0 Å². The molecule has 5 nitrogen and oxygen atoms in total. The van der Waals surface area contributed by atoms with Crippen LogP contribution < -0.4 is 0 Å². The molecule has 3 aromatic rings. The summed E-state index contributed by atoms with van der Waals surface area (Å²) >= 11 is 0. The van der Waals surface area contributed by atoms with E-state index in [2.05, 4.69) is 43.9 Å². The first-order valence-corrected chi connectivity index (χ1v) is 8.77. The van der Waals surface area contributed by atoms with Gasteiger partial charge in [0.2, 0.25) is 0 Å². The topological polar surface area (TPSA) is 57.7 Å². The summed E-state index contributed by atoms with van der Waals surface area (Å²) < 4.78 is 0. The minimum Gasteiger partial charge on any atom is -0.357 e. The molecule has 0 saturated carbocycles. The van der Waals surface area contributed by atoms with E-state index >= 15 is 0 Å². The molecule has 4 heterocycles. The molecule has 1 fully saturated rings. The zero-order chi connectivity index (χ0) is 16.4. The number of hydrogen-bond acceptors (Lipinski definition) is 4. The van der Waals surface area contributed by atoms with Gasteiger partial charge in [0.1, 0.15) is 5.82 Å². The van der Waals surface area contributed by atoms with Crippen molar-refractivity contribution in [1.29, 1.82) is 0 Å². The molecule has 1 aliphatic rings. The molecule has 24 heavy (non-hydrogen) atoms. The van der Waals surface area contributed by atoms with Crippen LogP contribution >= 0.6 is 0 Å². The number of rotatable bonds is 4. The second-order valence-corrected chi connectivity index (χ2v) is 6.57. The number of aromatic nitrogens is 4. The fourth-order valence-corrected chi connectivity index (χ4v) is 3.50. The number of likely N-dealkylation sites (tertiary alicyclic amines) is 1. The lowest BCUT2D eigenvalue weighted by atomic mass is 9.93. The van der Waals surface area contributed by atoms with Crippen molar-refractivity contribution in [3.05, 3.63) is 53.9 Å². The zero-order valence-electron chi connectivity index (χ0n) is 14.1. The van der Waals surface area contributed by atoms with Gasteiger partial charge in [0, 0.05) is 48.7 Å². The first-order chi connectivity index (χ1) is 11.8. The molecule has 5 heteroatoms. The third kappa shape index (κ3) is 3.17. The van der Waals surface area contributed by atoms with Crippen LogP contribution in [-0.4, -0.2) is 37.9 Å². The molecule has 1 N–H and O–H groups in total. The van der Waals surface area contributed by atoms with Crippen molar-refractivity contribution in [2.75, 3.05) is 13.1 Å². The summed E-state index contributed by atoms with van der Waals surface area (Å²) in [6.07, 6.45) is 9.06. The van der Waals surface area contributed by atoms with E-state index in [1.54, 1.807) is 0 Å². The van der Waals surface area contributed by atoms with E-state index in [1.807, 2.05) is 24.7 Å². The molecule has 4 rings (SSSR count). The fraction of sp³-hybridized carbons (Fsp3) is 0.421. The van der Waals surface area contributed by atoms with Gasteiger partial charge in [-0.1, -0.05) is 6.92 Å². The molecule has 0 atom stereocenters. The highest BCUT2D eigenvalue weighted by molar-refractivity contribution is 5.75. The van der Waals surface area contributed by atoms with Crippen molar-refractivity contribution in [2.24, 2.45) is 0 Å². The van der Waals surface area contributed by atoms with Gasteiger partial charge in [-0.3, -0.25) is 9.88 Å². The van der Waals surface area contributed by atoms with Gasteiger partial charge < -0.3 is 4.98 Å². The van der Waals surface area contributed by atoms with Crippen LogP contribution in [0.1, 0.15) is 42.8 Å². The Kier molecular flexibility index (Phi) is 4.26. The maximum Gasteiger partial charge on any atom is 0.127 e. The van der Waals surface area contributed by atoms with Crippen molar-refractivity contribution in [3.63, 3.8) is 0 Å². The highest BCUT2D eigenvalue weighted by Gasteiger charge is 2.22. The Labute approximate surface area is 142 Å². The third-order valence-electron chi connectivity index (χ3n) is 4.92. The lowest BCUT2D eigenvalue weighted by Gasteiger charge is -2.31. The van der Waals surface area contributed by atoms with Crippen molar-refractivity contribution >= 4 is 11.0 Å². The van der Waals surface area contributed by atoms with Crippen LogP contribution in [0, 0.1) is 0 Å². The zero-order valence-corrected chi connectivity index (χ0v) is 14.1. The SMILES string of the molecule is CCc1ncc(CN2CCC(c3cc4ncccc4[nH]3)CC2)cn1. The average molecular weight is 321 g/mol. The predicted molar refractivity (Wildman–Crippen MR) is 94.8 cm³/mol. The molecule has 1 saturated heterocycles. The summed E-state index contributed by atoms with van der Waals surface area (Å²) in [7, 11) is 0. The van der Waals surface area contributed by atoms with Crippen LogP contribution in [0.15, 0.2) is 36.8 Å². The van der Waals surface area contributed by atoms with E-state index in [4.69, 9.17) is 0 Å². The number of nitrogens with one attached hydrogen (secondary N) is 1. The minimum atomic E-state index is 0.606.